The number of hydrogen-bond donors (Lipinski definition) is 3. The third-order valence-electron chi connectivity index (χ3n) is 10.8. The van der Waals surface area contributed by atoms with E-state index in [1.807, 2.05) is 55.2 Å². The highest BCUT2D eigenvalue weighted by molar-refractivity contribution is 7.89. The van der Waals surface area contributed by atoms with E-state index in [1.54, 1.807) is 58.2 Å². The molecule has 320 valence electrons. The predicted molar refractivity (Wildman–Crippen MR) is 243 cm³/mol. The predicted octanol–water partition coefficient (Wildman–Crippen LogP) is 7.92. The summed E-state index contributed by atoms with van der Waals surface area (Å²) in [7, 11) is -4.16. The molecule has 0 saturated carbocycles. The van der Waals surface area contributed by atoms with Gasteiger partial charge in [-0.1, -0.05) is 97.1 Å². The number of benzene rings is 5. The largest absolute Gasteiger partial charge is 0.459 e. The first-order valence-corrected chi connectivity index (χ1v) is 22.2. The fourth-order valence-corrected chi connectivity index (χ4v) is 9.31. The van der Waals surface area contributed by atoms with E-state index in [2.05, 4.69) is 97.8 Å². The molecule has 2 heterocycles. The molecular weight excluding hydrogens is 799 g/mol. The molecule has 0 unspecified atom stereocenters. The van der Waals surface area contributed by atoms with Gasteiger partial charge >= 0.3 is 5.97 Å². The zero-order valence-corrected chi connectivity index (χ0v) is 36.7. The number of carbonyl (C=O) groups is 2. The van der Waals surface area contributed by atoms with E-state index in [1.165, 1.54) is 0 Å². The van der Waals surface area contributed by atoms with Crippen molar-refractivity contribution in [3.63, 3.8) is 0 Å². The van der Waals surface area contributed by atoms with Crippen LogP contribution < -0.4 is 15.4 Å². The standard InChI is InChI=1S/C49H53N7O5S/c1-34-29-36(3)44(30-35(34)2)62(59,60)54-42(46(58)61-48(4,5)6)33-52-45(57)37-23-24-43-38(31-37)32-53-56(43)27-16-25-50-47-51-26-28-55(47)49(39-17-10-7-11-18-39,40-19-12-8-13-20-40)41-21-14-9-15-22-41/h7-15,17-24,26,28-32,42,54H,16,25,27,33H2,1-6H3,(H,50,51)(H,52,57)/t42-/m0/s1. The molecule has 62 heavy (non-hydrogen) atoms. The van der Waals surface area contributed by atoms with Gasteiger partial charge in [-0.3, -0.25) is 18.8 Å². The summed E-state index contributed by atoms with van der Waals surface area (Å²) < 4.78 is 39.3. The van der Waals surface area contributed by atoms with E-state index in [0.29, 0.717) is 24.2 Å². The number of aryl methyl sites for hydroxylation is 4. The number of esters is 1. The minimum Gasteiger partial charge on any atom is -0.459 e. The van der Waals surface area contributed by atoms with Crippen molar-refractivity contribution >= 4 is 38.8 Å². The minimum atomic E-state index is -4.16. The normalized spacial score (nSPS) is 12.5. The van der Waals surface area contributed by atoms with Crippen molar-refractivity contribution in [2.45, 2.75) is 76.6 Å². The maximum absolute atomic E-state index is 13.6. The molecule has 5 aromatic carbocycles. The fraction of sp³-hybridized carbons (Fsp3) is 0.265. The van der Waals surface area contributed by atoms with Crippen LogP contribution in [0.5, 0.6) is 0 Å². The molecule has 0 saturated heterocycles. The maximum Gasteiger partial charge on any atom is 0.326 e. The number of carbonyl (C=O) groups excluding carboxylic acids is 2. The van der Waals surface area contributed by atoms with Crippen LogP contribution in [0.3, 0.4) is 0 Å². The maximum atomic E-state index is 13.6. The molecule has 12 nitrogen and oxygen atoms in total. The summed E-state index contributed by atoms with van der Waals surface area (Å²) in [6.45, 7) is 11.4. The average molecular weight is 852 g/mol. The van der Waals surface area contributed by atoms with Gasteiger partial charge in [-0.25, -0.2) is 13.4 Å². The second kappa shape index (κ2) is 18.2. The first-order chi connectivity index (χ1) is 29.7. The molecule has 1 amide bonds. The lowest BCUT2D eigenvalue weighted by Crippen LogP contribution is -2.50. The van der Waals surface area contributed by atoms with E-state index in [-0.39, 0.29) is 11.4 Å². The Morgan fingerprint density at radius 1 is 0.774 bits per heavy atom. The van der Waals surface area contributed by atoms with Crippen LogP contribution >= 0.6 is 0 Å². The SMILES string of the molecule is Cc1cc(C)c(S(=O)(=O)N[C@@H](CNC(=O)c2ccc3c(cnn3CCCNc3nccn3C(c3ccccc3)(c3ccccc3)c3ccccc3)c2)C(=O)OC(C)(C)C)cc1C. The Morgan fingerprint density at radius 3 is 1.97 bits per heavy atom. The van der Waals surface area contributed by atoms with Gasteiger partial charge in [0.05, 0.1) is 16.6 Å². The third-order valence-corrected chi connectivity index (χ3v) is 12.5. The van der Waals surface area contributed by atoms with Crippen LogP contribution in [-0.2, 0) is 31.6 Å². The molecule has 1 atom stereocenters. The molecule has 0 aliphatic rings. The van der Waals surface area contributed by atoms with E-state index in [4.69, 9.17) is 9.72 Å². The molecule has 3 N–H and O–H groups in total. The van der Waals surface area contributed by atoms with Crippen LogP contribution in [-0.4, -0.2) is 64.4 Å². The van der Waals surface area contributed by atoms with E-state index in [0.717, 1.165) is 51.1 Å². The molecule has 13 heteroatoms. The highest BCUT2D eigenvalue weighted by Crippen LogP contribution is 2.42. The van der Waals surface area contributed by atoms with Gasteiger partial charge in [0, 0.05) is 43.0 Å². The van der Waals surface area contributed by atoms with Crippen LogP contribution in [0.2, 0.25) is 0 Å². The highest BCUT2D eigenvalue weighted by Gasteiger charge is 2.40. The van der Waals surface area contributed by atoms with Crippen molar-refractivity contribution in [2.75, 3.05) is 18.4 Å². The van der Waals surface area contributed by atoms with Crippen molar-refractivity contribution in [1.29, 1.82) is 0 Å². The lowest BCUT2D eigenvalue weighted by molar-refractivity contribution is -0.156. The molecule has 0 spiro atoms. The van der Waals surface area contributed by atoms with Crippen molar-refractivity contribution in [3.05, 3.63) is 179 Å². The molecule has 7 aromatic rings. The zero-order valence-electron chi connectivity index (χ0n) is 35.9. The fourth-order valence-electron chi connectivity index (χ4n) is 7.81. The molecule has 0 bridgehead atoms. The quantitative estimate of drug-likeness (QED) is 0.0505. The smallest absolute Gasteiger partial charge is 0.326 e. The third kappa shape index (κ3) is 9.34. The lowest BCUT2D eigenvalue weighted by Gasteiger charge is -2.38. The highest BCUT2D eigenvalue weighted by atomic mass is 32.2. The molecule has 2 aromatic heterocycles. The molecule has 0 aliphatic heterocycles. The van der Waals surface area contributed by atoms with Crippen LogP contribution in [0.4, 0.5) is 5.95 Å². The Kier molecular flexibility index (Phi) is 12.8. The number of nitrogens with zero attached hydrogens (tertiary/aromatic N) is 4. The number of hydrogen-bond acceptors (Lipinski definition) is 8. The Bertz CT molecular complexity index is 2680. The number of ether oxygens (including phenoxy) is 1. The minimum absolute atomic E-state index is 0.0567. The Hall–Kier alpha value is -6.57. The average Bonchev–Trinajstić information content (AvgIpc) is 3.90. The summed E-state index contributed by atoms with van der Waals surface area (Å²) in [6, 6.07) is 38.6. The van der Waals surface area contributed by atoms with E-state index < -0.39 is 39.1 Å². The second-order valence-corrected chi connectivity index (χ2v) is 18.2. The number of nitrogens with one attached hydrogen (secondary N) is 3. The van der Waals surface area contributed by atoms with Crippen molar-refractivity contribution in [2.24, 2.45) is 0 Å². The topological polar surface area (TPSA) is 149 Å². The van der Waals surface area contributed by atoms with Gasteiger partial charge in [0.2, 0.25) is 16.0 Å². The molecule has 0 radical (unpaired) electrons. The summed E-state index contributed by atoms with van der Waals surface area (Å²) in [4.78, 5) is 31.6. The number of fused-ring (bicyclic) bond motifs is 1. The van der Waals surface area contributed by atoms with Crippen LogP contribution in [0.1, 0.15) is 70.9 Å². The van der Waals surface area contributed by atoms with E-state index in [9.17, 15) is 18.0 Å². The van der Waals surface area contributed by atoms with Gasteiger partial charge < -0.3 is 15.4 Å². The van der Waals surface area contributed by atoms with Crippen molar-refractivity contribution < 1.29 is 22.7 Å². The Labute approximate surface area is 363 Å². The van der Waals surface area contributed by atoms with Crippen LogP contribution in [0.15, 0.2) is 145 Å². The number of amides is 1. The number of aromatic nitrogens is 4. The van der Waals surface area contributed by atoms with Gasteiger partial charge in [0.1, 0.15) is 17.2 Å². The lowest BCUT2D eigenvalue weighted by atomic mass is 9.76. The molecule has 0 aliphatic carbocycles. The Balaban J connectivity index is 1.04. The van der Waals surface area contributed by atoms with Gasteiger partial charge in [0.15, 0.2) is 0 Å². The summed E-state index contributed by atoms with van der Waals surface area (Å²) in [5, 5.41) is 11.7. The van der Waals surface area contributed by atoms with E-state index >= 15 is 0 Å². The van der Waals surface area contributed by atoms with Gasteiger partial charge in [-0.2, -0.15) is 9.82 Å². The second-order valence-electron chi connectivity index (χ2n) is 16.5. The van der Waals surface area contributed by atoms with Crippen molar-refractivity contribution in [1.82, 2.24) is 29.4 Å². The van der Waals surface area contributed by atoms with Crippen LogP contribution in [0.25, 0.3) is 10.9 Å². The van der Waals surface area contributed by atoms with Gasteiger partial charge in [-0.15, -0.1) is 0 Å². The number of anilines is 1. The zero-order chi connectivity index (χ0) is 44.1. The van der Waals surface area contributed by atoms with Gasteiger partial charge in [-0.05, 0) is 106 Å². The number of imidazole rings is 1. The first kappa shape index (κ1) is 43.5. The summed E-state index contributed by atoms with van der Waals surface area (Å²) in [5.74, 6) is -0.558. The number of sulfonamides is 1. The summed E-state index contributed by atoms with van der Waals surface area (Å²) in [6.07, 6.45) is 6.28. The van der Waals surface area contributed by atoms with Crippen molar-refractivity contribution in [3.8, 4) is 0 Å². The summed E-state index contributed by atoms with van der Waals surface area (Å²) >= 11 is 0. The molecule has 7 rings (SSSR count). The first-order valence-electron chi connectivity index (χ1n) is 20.7. The number of rotatable bonds is 16. The Morgan fingerprint density at radius 2 is 1.37 bits per heavy atom. The monoisotopic (exact) mass is 851 g/mol. The van der Waals surface area contributed by atoms with Gasteiger partial charge in [0.25, 0.3) is 5.91 Å². The van der Waals surface area contributed by atoms with Crippen LogP contribution in [0, 0.1) is 20.8 Å². The summed E-state index contributed by atoms with van der Waals surface area (Å²) in [5.41, 5.74) is 5.19. The molecular formula is C49H53N7O5S. The molecule has 0 fully saturated rings.